The van der Waals surface area contributed by atoms with Gasteiger partial charge < -0.3 is 20.1 Å². The molecule has 0 fully saturated rings. The summed E-state index contributed by atoms with van der Waals surface area (Å²) in [5.74, 6) is 0.811. The van der Waals surface area contributed by atoms with Gasteiger partial charge >= 0.3 is 0 Å². The fourth-order valence-electron chi connectivity index (χ4n) is 2.22. The second kappa shape index (κ2) is 13.8. The van der Waals surface area contributed by atoms with E-state index in [4.69, 9.17) is 9.47 Å². The maximum absolute atomic E-state index is 5.53. The van der Waals surface area contributed by atoms with Gasteiger partial charge in [0.15, 0.2) is 5.96 Å². The third kappa shape index (κ3) is 10.2. The zero-order chi connectivity index (χ0) is 17.5. The van der Waals surface area contributed by atoms with Gasteiger partial charge in [-0.15, -0.1) is 0 Å². The van der Waals surface area contributed by atoms with Crippen LogP contribution in [-0.4, -0.2) is 52.5 Å². The average Bonchev–Trinajstić information content (AvgIpc) is 2.59. The quantitative estimate of drug-likeness (QED) is 0.350. The predicted octanol–water partition coefficient (Wildman–Crippen LogP) is 2.54. The molecule has 0 aliphatic carbocycles. The lowest BCUT2D eigenvalue weighted by atomic mass is 10.1. The number of guanidine groups is 1. The summed E-state index contributed by atoms with van der Waals surface area (Å²) < 4.78 is 11.0. The maximum atomic E-state index is 5.53. The van der Waals surface area contributed by atoms with Crippen LogP contribution in [0.25, 0.3) is 0 Å². The molecule has 24 heavy (non-hydrogen) atoms. The summed E-state index contributed by atoms with van der Waals surface area (Å²) in [5, 5.41) is 6.57. The first-order valence-corrected chi connectivity index (χ1v) is 8.91. The van der Waals surface area contributed by atoms with E-state index < -0.39 is 0 Å². The molecule has 0 saturated heterocycles. The van der Waals surface area contributed by atoms with E-state index in [2.05, 4.69) is 53.7 Å². The Bertz CT molecular complexity index is 464. The Kier molecular flexibility index (Phi) is 11.8. The van der Waals surface area contributed by atoms with Crippen molar-refractivity contribution in [2.75, 3.05) is 46.6 Å². The summed E-state index contributed by atoms with van der Waals surface area (Å²) in [6.45, 7) is 8.66. The van der Waals surface area contributed by atoms with Crippen molar-refractivity contribution in [3.05, 3.63) is 35.4 Å². The van der Waals surface area contributed by atoms with Crippen molar-refractivity contribution >= 4 is 5.96 Å². The Hall–Kier alpha value is -1.59. The number of benzene rings is 1. The first-order valence-electron chi connectivity index (χ1n) is 8.91. The van der Waals surface area contributed by atoms with Crippen molar-refractivity contribution in [2.45, 2.75) is 33.1 Å². The van der Waals surface area contributed by atoms with Gasteiger partial charge in [0.1, 0.15) is 0 Å². The fourth-order valence-corrected chi connectivity index (χ4v) is 2.22. The van der Waals surface area contributed by atoms with E-state index in [1.165, 1.54) is 17.5 Å². The molecule has 1 aromatic rings. The van der Waals surface area contributed by atoms with Crippen LogP contribution >= 0.6 is 0 Å². The zero-order valence-corrected chi connectivity index (χ0v) is 15.4. The fraction of sp³-hybridized carbons (Fsp3) is 0.632. The molecule has 1 rings (SSSR count). The van der Waals surface area contributed by atoms with Crippen molar-refractivity contribution < 1.29 is 9.47 Å². The lowest BCUT2D eigenvalue weighted by molar-refractivity contribution is 0.0487. The van der Waals surface area contributed by atoms with Gasteiger partial charge in [0.2, 0.25) is 0 Å². The smallest absolute Gasteiger partial charge is 0.191 e. The molecule has 0 saturated carbocycles. The predicted molar refractivity (Wildman–Crippen MR) is 101 cm³/mol. The van der Waals surface area contributed by atoms with Crippen LogP contribution in [-0.2, 0) is 15.9 Å². The second-order valence-corrected chi connectivity index (χ2v) is 5.74. The van der Waals surface area contributed by atoms with Crippen LogP contribution in [0.2, 0.25) is 0 Å². The van der Waals surface area contributed by atoms with Crippen molar-refractivity contribution in [3.8, 4) is 0 Å². The van der Waals surface area contributed by atoms with E-state index in [9.17, 15) is 0 Å². The Morgan fingerprint density at radius 1 is 1.04 bits per heavy atom. The summed E-state index contributed by atoms with van der Waals surface area (Å²) in [6.07, 6.45) is 3.26. The van der Waals surface area contributed by atoms with E-state index in [0.717, 1.165) is 38.5 Å². The van der Waals surface area contributed by atoms with Gasteiger partial charge in [-0.3, -0.25) is 4.99 Å². The molecular weight excluding hydrogens is 302 g/mol. The highest BCUT2D eigenvalue weighted by atomic mass is 16.5. The number of ether oxygens (including phenoxy) is 2. The Morgan fingerprint density at radius 3 is 2.50 bits per heavy atom. The normalized spacial score (nSPS) is 11.5. The van der Waals surface area contributed by atoms with Crippen molar-refractivity contribution in [1.82, 2.24) is 10.6 Å². The molecule has 0 unspecified atom stereocenters. The molecule has 0 bridgehead atoms. The van der Waals surface area contributed by atoms with Gasteiger partial charge in [-0.1, -0.05) is 43.2 Å². The van der Waals surface area contributed by atoms with E-state index in [-0.39, 0.29) is 0 Å². The van der Waals surface area contributed by atoms with E-state index in [1.807, 2.05) is 0 Å². The molecule has 0 atom stereocenters. The average molecular weight is 335 g/mol. The van der Waals surface area contributed by atoms with E-state index in [0.29, 0.717) is 19.8 Å². The van der Waals surface area contributed by atoms with E-state index in [1.54, 1.807) is 7.05 Å². The topological polar surface area (TPSA) is 54.9 Å². The van der Waals surface area contributed by atoms with Gasteiger partial charge in [-0.25, -0.2) is 0 Å². The largest absolute Gasteiger partial charge is 0.379 e. The lowest BCUT2D eigenvalue weighted by Crippen LogP contribution is -2.39. The van der Waals surface area contributed by atoms with Gasteiger partial charge in [0.05, 0.1) is 19.8 Å². The van der Waals surface area contributed by atoms with Gasteiger partial charge in [-0.05, 0) is 25.3 Å². The Morgan fingerprint density at radius 2 is 1.79 bits per heavy atom. The lowest BCUT2D eigenvalue weighted by Gasteiger charge is -2.12. The number of hydrogen-bond donors (Lipinski definition) is 2. The van der Waals surface area contributed by atoms with Crippen LogP contribution in [0, 0.1) is 6.92 Å². The van der Waals surface area contributed by atoms with Crippen molar-refractivity contribution in [3.63, 3.8) is 0 Å². The highest BCUT2D eigenvalue weighted by Gasteiger charge is 1.98. The number of nitrogens with zero attached hydrogens (tertiary/aromatic N) is 1. The molecule has 0 spiro atoms. The minimum Gasteiger partial charge on any atom is -0.379 e. The number of aliphatic imine (C=N–C) groups is 1. The molecule has 0 radical (unpaired) electrons. The van der Waals surface area contributed by atoms with Crippen molar-refractivity contribution in [2.24, 2.45) is 4.99 Å². The molecule has 5 heteroatoms. The monoisotopic (exact) mass is 335 g/mol. The van der Waals surface area contributed by atoms with Crippen LogP contribution in [0.4, 0.5) is 0 Å². The highest BCUT2D eigenvalue weighted by Crippen LogP contribution is 2.03. The van der Waals surface area contributed by atoms with Crippen molar-refractivity contribution in [1.29, 1.82) is 0 Å². The summed E-state index contributed by atoms with van der Waals surface area (Å²) in [7, 11) is 1.78. The second-order valence-electron chi connectivity index (χ2n) is 5.74. The molecule has 0 aliphatic heterocycles. The first kappa shape index (κ1) is 20.5. The van der Waals surface area contributed by atoms with Crippen LogP contribution in [0.3, 0.4) is 0 Å². The van der Waals surface area contributed by atoms with E-state index >= 15 is 0 Å². The summed E-state index contributed by atoms with van der Waals surface area (Å²) in [4.78, 5) is 4.22. The number of hydrogen-bond acceptors (Lipinski definition) is 3. The molecule has 0 aliphatic rings. The van der Waals surface area contributed by atoms with Gasteiger partial charge in [0.25, 0.3) is 0 Å². The standard InChI is InChI=1S/C19H33N3O2/c1-4-5-12-23-14-15-24-13-11-22-19(20-3)21-10-9-18-8-6-7-17(2)16-18/h6-8,16H,4-5,9-15H2,1-3H3,(H2,20,21,22). The summed E-state index contributed by atoms with van der Waals surface area (Å²) >= 11 is 0. The third-order valence-corrected chi connectivity index (χ3v) is 3.57. The number of aryl methyl sites for hydroxylation is 1. The number of unbranched alkanes of at least 4 members (excludes halogenated alkanes) is 1. The molecule has 0 aromatic heterocycles. The van der Waals surface area contributed by atoms with Gasteiger partial charge in [-0.2, -0.15) is 0 Å². The Balaban J connectivity index is 2.02. The van der Waals surface area contributed by atoms with Crippen LogP contribution < -0.4 is 10.6 Å². The number of rotatable bonds is 12. The van der Waals surface area contributed by atoms with Crippen LogP contribution in [0.5, 0.6) is 0 Å². The molecule has 0 amide bonds. The number of nitrogens with one attached hydrogen (secondary N) is 2. The zero-order valence-electron chi connectivity index (χ0n) is 15.4. The minimum absolute atomic E-state index is 0.644. The van der Waals surface area contributed by atoms with Crippen LogP contribution in [0.15, 0.2) is 29.3 Å². The third-order valence-electron chi connectivity index (χ3n) is 3.57. The molecule has 5 nitrogen and oxygen atoms in total. The SMILES string of the molecule is CCCCOCCOCCNC(=NC)NCCc1cccc(C)c1. The molecule has 1 aromatic carbocycles. The van der Waals surface area contributed by atoms with Gasteiger partial charge in [0, 0.05) is 26.7 Å². The summed E-state index contributed by atoms with van der Waals surface area (Å²) in [6, 6.07) is 8.59. The molecule has 2 N–H and O–H groups in total. The minimum atomic E-state index is 0.644. The molecular formula is C19H33N3O2. The first-order chi connectivity index (χ1) is 11.8. The molecule has 136 valence electrons. The highest BCUT2D eigenvalue weighted by molar-refractivity contribution is 5.79. The Labute approximate surface area is 146 Å². The molecule has 0 heterocycles. The van der Waals surface area contributed by atoms with Crippen LogP contribution in [0.1, 0.15) is 30.9 Å². The summed E-state index contributed by atoms with van der Waals surface area (Å²) in [5.41, 5.74) is 2.63. The maximum Gasteiger partial charge on any atom is 0.191 e.